The molecule has 7 fully saturated rings. The highest BCUT2D eigenvalue weighted by Gasteiger charge is 2.53. The van der Waals surface area contributed by atoms with E-state index in [4.69, 9.17) is 0 Å². The lowest BCUT2D eigenvalue weighted by atomic mass is 9.77. The molecule has 16 nitrogen and oxygen atoms in total. The maximum atomic E-state index is 15.7. The minimum Gasteiger partial charge on any atom is -0.389 e. The Morgan fingerprint density at radius 2 is 1.65 bits per heavy atom. The molecule has 0 radical (unpaired) electrons. The predicted octanol–water partition coefficient (Wildman–Crippen LogP) is 3.01. The molecule has 9 aliphatic heterocycles. The van der Waals surface area contributed by atoms with Crippen LogP contribution < -0.4 is 36.4 Å². The second-order valence-electron chi connectivity index (χ2n) is 20.9. The van der Waals surface area contributed by atoms with Crippen molar-refractivity contribution in [3.8, 4) is 0 Å². The number of carbonyl (C=O) groups is 4. The zero-order valence-electron chi connectivity index (χ0n) is 38.2. The number of nitrogens with one attached hydrogen (secondary N) is 5. The highest BCUT2D eigenvalue weighted by atomic mass is 19.1. The Balaban J connectivity index is 0.659. The molecule has 2 aromatic rings. The largest absolute Gasteiger partial charge is 0.389 e. The van der Waals surface area contributed by atoms with Crippen LogP contribution in [0.5, 0.6) is 0 Å². The predicted molar refractivity (Wildman–Crippen MR) is 247 cm³/mol. The number of aliphatic hydroxyl groups is 1. The average Bonchev–Trinajstić information content (AvgIpc) is 3.96. The highest BCUT2D eigenvalue weighted by molar-refractivity contribution is 6.05. The molecule has 11 rings (SSSR count). The normalized spacial score (nSPS) is 33.7. The van der Waals surface area contributed by atoms with Gasteiger partial charge in [-0.15, -0.1) is 0 Å². The Bertz CT molecular complexity index is 2240. The van der Waals surface area contributed by atoms with Crippen LogP contribution in [0.4, 0.5) is 21.5 Å². The summed E-state index contributed by atoms with van der Waals surface area (Å²) in [7, 11) is 0. The summed E-state index contributed by atoms with van der Waals surface area (Å²) >= 11 is 0. The fourth-order valence-corrected chi connectivity index (χ4v) is 12.9. The van der Waals surface area contributed by atoms with E-state index < -0.39 is 17.6 Å². The van der Waals surface area contributed by atoms with Gasteiger partial charge in [-0.25, -0.2) is 4.39 Å². The molecule has 7 saturated heterocycles. The van der Waals surface area contributed by atoms with Crippen molar-refractivity contribution in [2.75, 3.05) is 67.5 Å². The minimum absolute atomic E-state index is 0.0282. The number of amides is 4. The number of halogens is 1. The Morgan fingerprint density at radius 1 is 0.864 bits per heavy atom. The van der Waals surface area contributed by atoms with Crippen LogP contribution in [0.2, 0.25) is 0 Å². The van der Waals surface area contributed by atoms with E-state index in [2.05, 4.69) is 82.7 Å². The van der Waals surface area contributed by atoms with E-state index in [1.165, 1.54) is 16.7 Å². The van der Waals surface area contributed by atoms with Crippen molar-refractivity contribution in [3.63, 3.8) is 0 Å². The van der Waals surface area contributed by atoms with Gasteiger partial charge in [-0.2, -0.15) is 5.01 Å². The molecule has 66 heavy (non-hydrogen) atoms. The summed E-state index contributed by atoms with van der Waals surface area (Å²) in [5.74, 6) is -1.47. The van der Waals surface area contributed by atoms with Gasteiger partial charge in [-0.3, -0.25) is 50.4 Å². The van der Waals surface area contributed by atoms with E-state index in [-0.39, 0.29) is 78.9 Å². The smallest absolute Gasteiger partial charge is 0.255 e. The number of likely N-dealkylation sites (tertiary alicyclic amines) is 1. The van der Waals surface area contributed by atoms with E-state index in [1.54, 1.807) is 6.07 Å². The van der Waals surface area contributed by atoms with E-state index in [9.17, 15) is 24.3 Å². The van der Waals surface area contributed by atoms with Gasteiger partial charge in [0.1, 0.15) is 18.1 Å². The van der Waals surface area contributed by atoms with Gasteiger partial charge in [0.05, 0.1) is 36.1 Å². The molecule has 1 spiro atoms. The summed E-state index contributed by atoms with van der Waals surface area (Å²) < 4.78 is 15.7. The molecule has 17 heteroatoms. The van der Waals surface area contributed by atoms with Crippen LogP contribution in [0.1, 0.15) is 99.9 Å². The Kier molecular flexibility index (Phi) is 11.6. The average molecular weight is 908 g/mol. The zero-order valence-corrected chi connectivity index (χ0v) is 38.2. The molecule has 9 heterocycles. The van der Waals surface area contributed by atoms with E-state index in [0.717, 1.165) is 103 Å². The molecule has 0 aliphatic carbocycles. The number of carbonyl (C=O) groups excluding carboxylic acids is 4. The van der Waals surface area contributed by atoms with Gasteiger partial charge in [0.2, 0.25) is 17.7 Å². The van der Waals surface area contributed by atoms with Crippen LogP contribution >= 0.6 is 0 Å². The number of fused-ring (bicyclic) bond motifs is 7. The minimum atomic E-state index is -0.816. The quantitative estimate of drug-likeness (QED) is 0.185. The summed E-state index contributed by atoms with van der Waals surface area (Å²) in [6, 6.07) is 11.7. The monoisotopic (exact) mass is 908 g/mol. The lowest BCUT2D eigenvalue weighted by Crippen LogP contribution is -2.69. The van der Waals surface area contributed by atoms with Crippen molar-refractivity contribution in [2.24, 2.45) is 11.3 Å². The standard InChI is InChI=1S/C49H66FN11O5/c1-48(66)16-3-2-4-20-60-46(65)36-28-51-47(55-43(36)61(60)41-7-5-6-40(48)53-41)52-32-8-10-33(11-9-32)56-21-14-34(15-22-56)58-25-19-49(30-58)17-23-57(24-18-49)39-27-35-31(26-37(39)50)29-59(45(35)64)38-12-13-42(62)54-44(38)63/h2,4,8-11,26-27,34,36,38,40-41,43,47,51-53,55,66H,3,5-7,12-25,28-30H2,1H3,(H,54,62,63)/b4-2-/t36?,38?,40?,41?,43?,47?,48-/m1/s1. The number of imide groups is 1. The molecule has 2 bridgehead atoms. The SMILES string of the molecule is C[C@@]1(O)CC/C=C\CN2C(=O)C3CNC(Nc4ccc(N5CCC(N6CCC7(CCN(c8cc9c(cc8F)CN(C8CCC(=O)NC8=O)C9=O)CC7)C6)CC5)cc4)NC3N2C2CCCC1N2. The zero-order chi connectivity index (χ0) is 45.3. The molecule has 0 saturated carbocycles. The number of anilines is 3. The summed E-state index contributed by atoms with van der Waals surface area (Å²) in [5.41, 5.74) is 3.14. The summed E-state index contributed by atoms with van der Waals surface area (Å²) in [6.45, 7) is 8.86. The van der Waals surface area contributed by atoms with E-state index in [0.29, 0.717) is 42.4 Å². The van der Waals surface area contributed by atoms with Crippen molar-refractivity contribution < 1.29 is 28.7 Å². The molecule has 6 unspecified atom stereocenters. The number of piperidine rings is 4. The fourth-order valence-electron chi connectivity index (χ4n) is 12.9. The van der Waals surface area contributed by atoms with Crippen molar-refractivity contribution in [2.45, 2.75) is 133 Å². The second-order valence-corrected chi connectivity index (χ2v) is 20.9. The third-order valence-corrected chi connectivity index (χ3v) is 16.8. The molecular formula is C49H66FN11O5. The third-order valence-electron chi connectivity index (χ3n) is 16.8. The van der Waals surface area contributed by atoms with E-state index in [1.807, 2.05) is 11.9 Å². The summed E-state index contributed by atoms with van der Waals surface area (Å²) in [4.78, 5) is 60.3. The number of hydrazine groups is 1. The van der Waals surface area contributed by atoms with Gasteiger partial charge >= 0.3 is 0 Å². The van der Waals surface area contributed by atoms with Crippen LogP contribution in [0, 0.1) is 17.2 Å². The van der Waals surface area contributed by atoms with Crippen LogP contribution in [0.15, 0.2) is 48.6 Å². The van der Waals surface area contributed by atoms with Gasteiger partial charge < -0.3 is 25.1 Å². The number of rotatable bonds is 6. The highest BCUT2D eigenvalue weighted by Crippen LogP contribution is 2.44. The second kappa shape index (κ2) is 17.5. The summed E-state index contributed by atoms with van der Waals surface area (Å²) in [5, 5.41) is 32.5. The van der Waals surface area contributed by atoms with Crippen LogP contribution in [0.3, 0.4) is 0 Å². The van der Waals surface area contributed by atoms with Crippen molar-refractivity contribution in [1.29, 1.82) is 0 Å². The Hall–Kier alpha value is -4.65. The molecule has 9 aliphatic rings. The Labute approximate surface area is 386 Å². The van der Waals surface area contributed by atoms with Gasteiger partial charge in [0.25, 0.3) is 5.91 Å². The van der Waals surface area contributed by atoms with Gasteiger partial charge in [0.15, 0.2) is 0 Å². The van der Waals surface area contributed by atoms with Crippen molar-refractivity contribution >= 4 is 40.7 Å². The van der Waals surface area contributed by atoms with Crippen molar-refractivity contribution in [3.05, 3.63) is 65.5 Å². The first-order valence-corrected chi connectivity index (χ1v) is 24.7. The van der Waals surface area contributed by atoms with Gasteiger partial charge in [0, 0.05) is 81.3 Å². The Morgan fingerprint density at radius 3 is 2.44 bits per heavy atom. The van der Waals surface area contributed by atoms with Crippen LogP contribution in [0.25, 0.3) is 0 Å². The fraction of sp³-hybridized carbons (Fsp3) is 0.633. The lowest BCUT2D eigenvalue weighted by Gasteiger charge is -2.47. The summed E-state index contributed by atoms with van der Waals surface area (Å²) in [6.07, 6.45) is 13.8. The van der Waals surface area contributed by atoms with Crippen LogP contribution in [-0.2, 0) is 20.9 Å². The number of hydrogen-bond donors (Lipinski definition) is 6. The maximum absolute atomic E-state index is 15.7. The molecule has 2 aromatic carbocycles. The molecular weight excluding hydrogens is 842 g/mol. The van der Waals surface area contributed by atoms with Gasteiger partial charge in [-0.1, -0.05) is 12.2 Å². The van der Waals surface area contributed by atoms with E-state index >= 15 is 4.39 Å². The number of nitrogens with zero attached hydrogens (tertiary/aromatic N) is 6. The molecule has 6 N–H and O–H groups in total. The van der Waals surface area contributed by atoms with Crippen molar-refractivity contribution in [1.82, 2.24) is 41.1 Å². The number of benzene rings is 2. The number of hydrogen-bond acceptors (Lipinski definition) is 13. The topological polar surface area (TPSA) is 168 Å². The maximum Gasteiger partial charge on any atom is 0.255 e. The molecule has 4 amide bonds. The molecule has 0 aromatic heterocycles. The van der Waals surface area contributed by atoms with Crippen LogP contribution in [-0.4, -0.2) is 143 Å². The first-order valence-electron chi connectivity index (χ1n) is 24.7. The third kappa shape index (κ3) is 8.16. The molecule has 7 atom stereocenters. The lowest BCUT2D eigenvalue weighted by molar-refractivity contribution is -0.146. The molecule has 354 valence electrons. The van der Waals surface area contributed by atoms with Gasteiger partial charge in [-0.05, 0) is 131 Å². The first kappa shape index (κ1) is 43.9. The number of allylic oxidation sites excluding steroid dienone is 1. The first-order chi connectivity index (χ1) is 31.9.